The number of hydrogen-bond acceptors (Lipinski definition) is 4. The number of hydrogen-bond donors (Lipinski definition) is 1. The second kappa shape index (κ2) is 6.16. The van der Waals surface area contributed by atoms with E-state index in [-0.39, 0.29) is 21.1 Å². The zero-order chi connectivity index (χ0) is 14.8. The third kappa shape index (κ3) is 3.53. The van der Waals surface area contributed by atoms with Gasteiger partial charge in [-0.1, -0.05) is 30.1 Å². The lowest BCUT2D eigenvalue weighted by Gasteiger charge is -2.34. The van der Waals surface area contributed by atoms with Crippen molar-refractivity contribution in [3.8, 4) is 0 Å². The first kappa shape index (κ1) is 15.4. The molecular weight excluding hydrogens is 303 g/mol. The number of nitrogens with zero attached hydrogens (tertiary/aromatic N) is 1. The first-order chi connectivity index (χ1) is 9.41. The molecule has 20 heavy (non-hydrogen) atoms. The summed E-state index contributed by atoms with van der Waals surface area (Å²) in [5.41, 5.74) is 0.557. The number of non-ortho nitro benzene ring substituents is 1. The van der Waals surface area contributed by atoms with E-state index < -0.39 is 4.92 Å². The number of nitro benzene ring substituents is 1. The predicted octanol–water partition coefficient (Wildman–Crippen LogP) is 4.13. The van der Waals surface area contributed by atoms with E-state index in [2.05, 4.69) is 12.2 Å². The van der Waals surface area contributed by atoms with Crippen LogP contribution >= 0.6 is 23.2 Å². The number of halogens is 2. The monoisotopic (exact) mass is 318 g/mol. The van der Waals surface area contributed by atoms with Crippen LogP contribution in [0, 0.1) is 15.5 Å². The van der Waals surface area contributed by atoms with Crippen molar-refractivity contribution in [3.63, 3.8) is 0 Å². The number of nitro groups is 1. The summed E-state index contributed by atoms with van der Waals surface area (Å²) in [5.74, 6) is 0. The van der Waals surface area contributed by atoms with Gasteiger partial charge >= 0.3 is 0 Å². The normalized spacial score (nSPS) is 17.8. The molecule has 0 amide bonds. The molecule has 0 radical (unpaired) electrons. The predicted molar refractivity (Wildman–Crippen MR) is 79.8 cm³/mol. The highest BCUT2D eigenvalue weighted by atomic mass is 35.5. The number of nitrogens with one attached hydrogen (secondary N) is 1. The molecular formula is C13H16Cl2N2O3. The molecule has 1 aromatic rings. The average molecular weight is 319 g/mol. The Hall–Kier alpha value is -1.04. The molecule has 110 valence electrons. The van der Waals surface area contributed by atoms with Crippen molar-refractivity contribution in [2.75, 3.05) is 25.1 Å². The van der Waals surface area contributed by atoms with Crippen molar-refractivity contribution in [3.05, 3.63) is 32.3 Å². The van der Waals surface area contributed by atoms with E-state index in [0.29, 0.717) is 12.2 Å². The zero-order valence-corrected chi connectivity index (χ0v) is 12.6. The van der Waals surface area contributed by atoms with Crippen LogP contribution in [-0.2, 0) is 4.74 Å². The molecule has 5 nitrogen and oxygen atoms in total. The quantitative estimate of drug-likeness (QED) is 0.669. The van der Waals surface area contributed by atoms with Crippen LogP contribution < -0.4 is 5.32 Å². The standard InChI is InChI=1S/C13H16Cl2N2O3/c1-13(2-4-20-5-3-13)8-16-12-10(14)6-9(17(18)19)7-11(12)15/h6-7,16H,2-5,8H2,1H3. The molecule has 0 aliphatic carbocycles. The Kier molecular flexibility index (Phi) is 4.73. The van der Waals surface area contributed by atoms with Gasteiger partial charge in [-0.25, -0.2) is 0 Å². The molecule has 0 saturated carbocycles. The lowest BCUT2D eigenvalue weighted by atomic mass is 9.82. The van der Waals surface area contributed by atoms with E-state index in [9.17, 15) is 10.1 Å². The van der Waals surface area contributed by atoms with Gasteiger partial charge in [0, 0.05) is 31.9 Å². The van der Waals surface area contributed by atoms with E-state index in [1.165, 1.54) is 12.1 Å². The Morgan fingerprint density at radius 1 is 1.35 bits per heavy atom. The minimum atomic E-state index is -0.513. The summed E-state index contributed by atoms with van der Waals surface area (Å²) >= 11 is 12.1. The third-order valence-corrected chi connectivity index (χ3v) is 4.23. The van der Waals surface area contributed by atoms with Gasteiger partial charge in [-0.05, 0) is 18.3 Å². The van der Waals surface area contributed by atoms with Crippen molar-refractivity contribution in [1.82, 2.24) is 0 Å². The smallest absolute Gasteiger partial charge is 0.272 e. The number of anilines is 1. The lowest BCUT2D eigenvalue weighted by Crippen LogP contribution is -2.33. The molecule has 0 bridgehead atoms. The summed E-state index contributed by atoms with van der Waals surface area (Å²) in [6.45, 7) is 4.38. The molecule has 0 aromatic heterocycles. The summed E-state index contributed by atoms with van der Waals surface area (Å²) < 4.78 is 5.35. The summed E-state index contributed by atoms with van der Waals surface area (Å²) in [7, 11) is 0. The fourth-order valence-corrected chi connectivity index (χ4v) is 2.79. The molecule has 1 N–H and O–H groups in total. The fourth-order valence-electron chi connectivity index (χ4n) is 2.18. The van der Waals surface area contributed by atoms with Gasteiger partial charge in [0.15, 0.2) is 0 Å². The molecule has 7 heteroatoms. The van der Waals surface area contributed by atoms with Gasteiger partial charge in [0.05, 0.1) is 20.7 Å². The first-order valence-electron chi connectivity index (χ1n) is 6.36. The number of ether oxygens (including phenoxy) is 1. The van der Waals surface area contributed by atoms with E-state index >= 15 is 0 Å². The molecule has 1 heterocycles. The second-order valence-corrected chi connectivity index (χ2v) is 6.13. The van der Waals surface area contributed by atoms with E-state index in [1.54, 1.807) is 0 Å². The molecule has 1 saturated heterocycles. The highest BCUT2D eigenvalue weighted by Gasteiger charge is 2.27. The Bertz CT molecular complexity index is 493. The van der Waals surface area contributed by atoms with Crippen LogP contribution in [-0.4, -0.2) is 24.7 Å². The van der Waals surface area contributed by atoms with E-state index in [0.717, 1.165) is 26.1 Å². The molecule has 2 rings (SSSR count). The van der Waals surface area contributed by atoms with Crippen molar-refractivity contribution >= 4 is 34.6 Å². The zero-order valence-electron chi connectivity index (χ0n) is 11.1. The van der Waals surface area contributed by atoms with Crippen LogP contribution in [0.5, 0.6) is 0 Å². The van der Waals surface area contributed by atoms with Gasteiger partial charge in [-0.3, -0.25) is 10.1 Å². The third-order valence-electron chi connectivity index (χ3n) is 3.63. The molecule has 1 aliphatic heterocycles. The van der Waals surface area contributed by atoms with Crippen LogP contribution in [0.3, 0.4) is 0 Å². The maximum absolute atomic E-state index is 10.7. The van der Waals surface area contributed by atoms with Crippen molar-refractivity contribution in [2.24, 2.45) is 5.41 Å². The highest BCUT2D eigenvalue weighted by molar-refractivity contribution is 6.39. The van der Waals surface area contributed by atoms with Gasteiger partial charge in [0.1, 0.15) is 0 Å². The number of benzene rings is 1. The summed E-state index contributed by atoms with van der Waals surface area (Å²) in [4.78, 5) is 10.2. The van der Waals surface area contributed by atoms with Crippen molar-refractivity contribution in [2.45, 2.75) is 19.8 Å². The van der Waals surface area contributed by atoms with Crippen LogP contribution in [0.1, 0.15) is 19.8 Å². The fraction of sp³-hybridized carbons (Fsp3) is 0.538. The topological polar surface area (TPSA) is 64.4 Å². The first-order valence-corrected chi connectivity index (χ1v) is 7.12. The van der Waals surface area contributed by atoms with Gasteiger partial charge < -0.3 is 10.1 Å². The molecule has 0 spiro atoms. The molecule has 1 fully saturated rings. The molecule has 1 aliphatic rings. The molecule has 0 atom stereocenters. The van der Waals surface area contributed by atoms with E-state index in [1.807, 2.05) is 0 Å². The SMILES string of the molecule is CC1(CNc2c(Cl)cc([N+](=O)[O-])cc2Cl)CCOCC1. The number of rotatable bonds is 4. The van der Waals surface area contributed by atoms with E-state index in [4.69, 9.17) is 27.9 Å². The summed E-state index contributed by atoms with van der Waals surface area (Å²) in [6, 6.07) is 2.62. The molecule has 1 aromatic carbocycles. The maximum atomic E-state index is 10.7. The van der Waals surface area contributed by atoms with Crippen LogP contribution in [0.15, 0.2) is 12.1 Å². The minimum absolute atomic E-state index is 0.108. The van der Waals surface area contributed by atoms with Gasteiger partial charge in [0.25, 0.3) is 5.69 Å². The lowest BCUT2D eigenvalue weighted by molar-refractivity contribution is -0.384. The second-order valence-electron chi connectivity index (χ2n) is 5.32. The summed E-state index contributed by atoms with van der Waals surface area (Å²) in [5, 5.41) is 14.5. The Morgan fingerprint density at radius 3 is 2.40 bits per heavy atom. The Balaban J connectivity index is 2.11. The van der Waals surface area contributed by atoms with Crippen LogP contribution in [0.4, 0.5) is 11.4 Å². The van der Waals surface area contributed by atoms with Crippen molar-refractivity contribution < 1.29 is 9.66 Å². The summed E-state index contributed by atoms with van der Waals surface area (Å²) in [6.07, 6.45) is 1.92. The van der Waals surface area contributed by atoms with Gasteiger partial charge in [0.2, 0.25) is 0 Å². The van der Waals surface area contributed by atoms with Crippen molar-refractivity contribution in [1.29, 1.82) is 0 Å². The molecule has 0 unspecified atom stereocenters. The largest absolute Gasteiger partial charge is 0.382 e. The Morgan fingerprint density at radius 2 is 1.90 bits per heavy atom. The van der Waals surface area contributed by atoms with Gasteiger partial charge in [-0.2, -0.15) is 0 Å². The average Bonchev–Trinajstić information content (AvgIpc) is 2.38. The minimum Gasteiger partial charge on any atom is -0.382 e. The van der Waals surface area contributed by atoms with Crippen LogP contribution in [0.2, 0.25) is 10.0 Å². The Labute approximate surface area is 127 Å². The van der Waals surface area contributed by atoms with Crippen LogP contribution in [0.25, 0.3) is 0 Å². The maximum Gasteiger partial charge on any atom is 0.272 e. The highest BCUT2D eigenvalue weighted by Crippen LogP contribution is 2.37. The van der Waals surface area contributed by atoms with Gasteiger partial charge in [-0.15, -0.1) is 0 Å².